The van der Waals surface area contributed by atoms with Gasteiger partial charge in [-0.05, 0) is 54.6 Å². The highest BCUT2D eigenvalue weighted by Gasteiger charge is 2.22. The van der Waals surface area contributed by atoms with Gasteiger partial charge in [0, 0.05) is 16.8 Å². The standard InChI is InChI=1S/C22H15FN4O2/c23-14-7-5-13(6-8-14)22(29)24-15-9-10-16-18(11-15)25-20(28)12-27-19-4-2-1-3-17(19)26-21(16)27/h1-11H,12H2,(H,24,29)(H,25,28). The molecule has 0 aliphatic carbocycles. The lowest BCUT2D eigenvalue weighted by Gasteiger charge is -2.10. The molecule has 0 fully saturated rings. The van der Waals surface area contributed by atoms with Gasteiger partial charge in [-0.1, -0.05) is 12.1 Å². The van der Waals surface area contributed by atoms with Gasteiger partial charge in [-0.25, -0.2) is 9.37 Å². The maximum Gasteiger partial charge on any atom is 0.255 e. The number of imidazole rings is 1. The van der Waals surface area contributed by atoms with E-state index in [-0.39, 0.29) is 18.4 Å². The summed E-state index contributed by atoms with van der Waals surface area (Å²) in [5.74, 6) is -0.250. The monoisotopic (exact) mass is 386 g/mol. The van der Waals surface area contributed by atoms with Gasteiger partial charge in [0.25, 0.3) is 5.91 Å². The van der Waals surface area contributed by atoms with Crippen molar-refractivity contribution in [3.63, 3.8) is 0 Å². The molecule has 142 valence electrons. The van der Waals surface area contributed by atoms with E-state index in [4.69, 9.17) is 0 Å². The third-order valence-electron chi connectivity index (χ3n) is 4.86. The summed E-state index contributed by atoms with van der Waals surface area (Å²) in [6.07, 6.45) is 0. The Morgan fingerprint density at radius 3 is 2.69 bits per heavy atom. The van der Waals surface area contributed by atoms with Crippen LogP contribution in [0.2, 0.25) is 0 Å². The normalized spacial score (nSPS) is 12.7. The van der Waals surface area contributed by atoms with E-state index in [0.29, 0.717) is 22.8 Å². The minimum atomic E-state index is -0.405. The van der Waals surface area contributed by atoms with Gasteiger partial charge in [0.2, 0.25) is 5.91 Å². The molecule has 5 rings (SSSR count). The summed E-state index contributed by atoms with van der Waals surface area (Å²) in [5, 5.41) is 5.65. The lowest BCUT2D eigenvalue weighted by molar-refractivity contribution is -0.116. The number of hydrogen-bond acceptors (Lipinski definition) is 3. The van der Waals surface area contributed by atoms with Gasteiger partial charge in [0.15, 0.2) is 0 Å². The first-order valence-corrected chi connectivity index (χ1v) is 9.05. The fourth-order valence-electron chi connectivity index (χ4n) is 3.50. The number of halogens is 1. The quantitative estimate of drug-likeness (QED) is 0.546. The van der Waals surface area contributed by atoms with Crippen LogP contribution in [-0.2, 0) is 11.3 Å². The number of benzene rings is 3. The number of rotatable bonds is 2. The second-order valence-electron chi connectivity index (χ2n) is 6.78. The first-order valence-electron chi connectivity index (χ1n) is 9.05. The molecule has 2 N–H and O–H groups in total. The van der Waals surface area contributed by atoms with Crippen LogP contribution in [0.3, 0.4) is 0 Å². The minimum absolute atomic E-state index is 0.155. The first kappa shape index (κ1) is 17.1. The van der Waals surface area contributed by atoms with Gasteiger partial charge in [-0.15, -0.1) is 0 Å². The molecule has 0 saturated carbocycles. The number of anilines is 2. The minimum Gasteiger partial charge on any atom is -0.324 e. The predicted molar refractivity (Wildman–Crippen MR) is 108 cm³/mol. The predicted octanol–water partition coefficient (Wildman–Crippen LogP) is 4.05. The van der Waals surface area contributed by atoms with E-state index >= 15 is 0 Å². The Bertz CT molecular complexity index is 1280. The van der Waals surface area contributed by atoms with Crippen LogP contribution in [-0.4, -0.2) is 21.4 Å². The molecule has 0 spiro atoms. The van der Waals surface area contributed by atoms with Gasteiger partial charge in [0.05, 0.1) is 16.7 Å². The molecule has 6 nitrogen and oxygen atoms in total. The van der Waals surface area contributed by atoms with Crippen LogP contribution in [0.5, 0.6) is 0 Å². The molecule has 0 saturated heterocycles. The molecular formula is C22H15FN4O2. The van der Waals surface area contributed by atoms with Gasteiger partial charge in [0.1, 0.15) is 18.2 Å². The lowest BCUT2D eigenvalue weighted by atomic mass is 10.1. The number of para-hydroxylation sites is 2. The van der Waals surface area contributed by atoms with Gasteiger partial charge in [-0.2, -0.15) is 0 Å². The summed E-state index contributed by atoms with van der Waals surface area (Å²) in [4.78, 5) is 29.5. The van der Waals surface area contributed by atoms with Crippen LogP contribution in [0.15, 0.2) is 66.7 Å². The van der Waals surface area contributed by atoms with Crippen molar-refractivity contribution in [2.75, 3.05) is 10.6 Å². The van der Waals surface area contributed by atoms with Crippen molar-refractivity contribution in [1.29, 1.82) is 0 Å². The molecule has 29 heavy (non-hydrogen) atoms. The van der Waals surface area contributed by atoms with Crippen LogP contribution < -0.4 is 10.6 Å². The Morgan fingerprint density at radius 2 is 1.86 bits per heavy atom. The van der Waals surface area contributed by atoms with Crippen molar-refractivity contribution in [3.8, 4) is 11.4 Å². The smallest absolute Gasteiger partial charge is 0.255 e. The number of fused-ring (bicyclic) bond motifs is 5. The molecule has 1 aliphatic heterocycles. The lowest BCUT2D eigenvalue weighted by Crippen LogP contribution is -2.16. The third-order valence-corrected chi connectivity index (χ3v) is 4.86. The fraction of sp³-hybridized carbons (Fsp3) is 0.0455. The third kappa shape index (κ3) is 3.02. The van der Waals surface area contributed by atoms with Crippen molar-refractivity contribution in [2.45, 2.75) is 6.54 Å². The van der Waals surface area contributed by atoms with Crippen LogP contribution in [0.1, 0.15) is 10.4 Å². The Hall–Kier alpha value is -4.00. The van der Waals surface area contributed by atoms with E-state index in [1.807, 2.05) is 34.9 Å². The van der Waals surface area contributed by atoms with Crippen molar-refractivity contribution in [3.05, 3.63) is 78.1 Å². The Balaban J connectivity index is 1.53. The van der Waals surface area contributed by atoms with Crippen molar-refractivity contribution in [1.82, 2.24) is 9.55 Å². The number of carbonyl (C=O) groups excluding carboxylic acids is 2. The zero-order chi connectivity index (χ0) is 20.0. The highest BCUT2D eigenvalue weighted by atomic mass is 19.1. The van der Waals surface area contributed by atoms with Crippen LogP contribution in [0, 0.1) is 5.82 Å². The number of hydrogen-bond donors (Lipinski definition) is 2. The zero-order valence-electron chi connectivity index (χ0n) is 15.1. The van der Waals surface area contributed by atoms with E-state index in [1.54, 1.807) is 12.1 Å². The molecule has 0 bridgehead atoms. The average molecular weight is 386 g/mol. The Kier molecular flexibility index (Phi) is 3.87. The maximum absolute atomic E-state index is 13.1. The summed E-state index contributed by atoms with van der Waals surface area (Å²) in [6, 6.07) is 18.2. The van der Waals surface area contributed by atoms with Crippen molar-refractivity contribution < 1.29 is 14.0 Å². The molecule has 4 aromatic rings. The molecule has 2 heterocycles. The molecule has 0 radical (unpaired) electrons. The first-order chi connectivity index (χ1) is 14.1. The Labute approximate surface area is 165 Å². The van der Waals surface area contributed by atoms with Gasteiger partial charge in [-0.3, -0.25) is 9.59 Å². The molecule has 3 aromatic carbocycles. The van der Waals surface area contributed by atoms with Crippen molar-refractivity contribution >= 4 is 34.2 Å². The van der Waals surface area contributed by atoms with Crippen LogP contribution in [0.25, 0.3) is 22.4 Å². The van der Waals surface area contributed by atoms with E-state index in [1.165, 1.54) is 24.3 Å². The average Bonchev–Trinajstić information content (AvgIpc) is 3.00. The zero-order valence-corrected chi connectivity index (χ0v) is 15.1. The second kappa shape index (κ2) is 6.56. The molecule has 7 heteroatoms. The number of aromatic nitrogens is 2. The van der Waals surface area contributed by atoms with E-state index in [2.05, 4.69) is 15.6 Å². The molecule has 2 amide bonds. The fourth-order valence-corrected chi connectivity index (χ4v) is 3.50. The maximum atomic E-state index is 13.1. The summed E-state index contributed by atoms with van der Waals surface area (Å²) in [5.41, 5.74) is 3.90. The highest BCUT2D eigenvalue weighted by Crippen LogP contribution is 2.34. The molecule has 0 atom stereocenters. The summed E-state index contributed by atoms with van der Waals surface area (Å²) in [6.45, 7) is 0.155. The Morgan fingerprint density at radius 1 is 1.07 bits per heavy atom. The number of nitrogens with zero attached hydrogens (tertiary/aromatic N) is 2. The number of carbonyl (C=O) groups is 2. The molecule has 0 unspecified atom stereocenters. The van der Waals surface area contributed by atoms with E-state index in [9.17, 15) is 14.0 Å². The van der Waals surface area contributed by atoms with E-state index < -0.39 is 5.82 Å². The number of nitrogens with one attached hydrogen (secondary N) is 2. The van der Waals surface area contributed by atoms with Gasteiger partial charge < -0.3 is 15.2 Å². The SMILES string of the molecule is O=C1Cn2c(nc3ccccc32)-c2ccc(NC(=O)c3ccc(F)cc3)cc2N1. The van der Waals surface area contributed by atoms with Crippen molar-refractivity contribution in [2.24, 2.45) is 0 Å². The summed E-state index contributed by atoms with van der Waals surface area (Å²) in [7, 11) is 0. The topological polar surface area (TPSA) is 76.0 Å². The summed E-state index contributed by atoms with van der Waals surface area (Å²) < 4.78 is 14.9. The summed E-state index contributed by atoms with van der Waals surface area (Å²) >= 11 is 0. The molecule has 1 aliphatic rings. The highest BCUT2D eigenvalue weighted by molar-refractivity contribution is 6.06. The molecule has 1 aromatic heterocycles. The largest absolute Gasteiger partial charge is 0.324 e. The van der Waals surface area contributed by atoms with Crippen LogP contribution in [0.4, 0.5) is 15.8 Å². The van der Waals surface area contributed by atoms with Crippen LogP contribution >= 0.6 is 0 Å². The van der Waals surface area contributed by atoms with Gasteiger partial charge >= 0.3 is 0 Å². The van der Waals surface area contributed by atoms with E-state index in [0.717, 1.165) is 16.6 Å². The second-order valence-corrected chi connectivity index (χ2v) is 6.78. The molecular weight excluding hydrogens is 371 g/mol. The number of amides is 2.